The lowest BCUT2D eigenvalue weighted by atomic mass is 10.1. The molecule has 0 spiro atoms. The highest BCUT2D eigenvalue weighted by Gasteiger charge is 2.13. The second-order valence-electron chi connectivity index (χ2n) is 6.21. The molecule has 0 bridgehead atoms. The molecule has 0 saturated heterocycles. The Bertz CT molecular complexity index is 1120. The number of carbonyl (C=O) groups excluding carboxylic acids is 1. The van der Waals surface area contributed by atoms with E-state index in [4.69, 9.17) is 5.14 Å². The van der Waals surface area contributed by atoms with E-state index in [1.165, 1.54) is 35.5 Å². The van der Waals surface area contributed by atoms with Gasteiger partial charge in [0.05, 0.1) is 16.3 Å². The molecule has 2 aromatic carbocycles. The number of imidazole rings is 1. The first-order valence-electron chi connectivity index (χ1n) is 8.41. The topological polar surface area (TPSA) is 107 Å². The number of rotatable bonds is 6. The van der Waals surface area contributed by atoms with Crippen molar-refractivity contribution in [3.63, 3.8) is 0 Å². The molecule has 1 heterocycles. The highest BCUT2D eigenvalue weighted by Crippen LogP contribution is 2.24. The number of aromatic nitrogens is 2. The van der Waals surface area contributed by atoms with E-state index in [2.05, 4.69) is 10.3 Å². The van der Waals surface area contributed by atoms with E-state index in [1.54, 1.807) is 12.3 Å². The van der Waals surface area contributed by atoms with Crippen LogP contribution in [-0.4, -0.2) is 29.6 Å². The molecule has 3 N–H and O–H groups in total. The third-order valence-corrected chi connectivity index (χ3v) is 6.10. The molecular weight excluding hydrogens is 396 g/mol. The van der Waals surface area contributed by atoms with E-state index < -0.39 is 10.0 Å². The summed E-state index contributed by atoms with van der Waals surface area (Å²) in [7, 11) is -3.82. The fourth-order valence-corrected chi connectivity index (χ4v) is 3.98. The van der Waals surface area contributed by atoms with Crippen LogP contribution >= 0.6 is 11.8 Å². The molecule has 0 aliphatic carbocycles. The van der Waals surface area contributed by atoms with Gasteiger partial charge in [-0.2, -0.15) is 0 Å². The second kappa shape index (κ2) is 8.17. The second-order valence-corrected chi connectivity index (χ2v) is 8.71. The van der Waals surface area contributed by atoms with Gasteiger partial charge in [0.1, 0.15) is 0 Å². The van der Waals surface area contributed by atoms with E-state index in [0.29, 0.717) is 10.8 Å². The van der Waals surface area contributed by atoms with Crippen LogP contribution in [0.5, 0.6) is 0 Å². The third kappa shape index (κ3) is 4.61. The maximum atomic E-state index is 12.3. The summed E-state index contributed by atoms with van der Waals surface area (Å²) in [4.78, 5) is 16.6. The van der Waals surface area contributed by atoms with Crippen molar-refractivity contribution in [2.45, 2.75) is 23.9 Å². The zero-order valence-electron chi connectivity index (χ0n) is 15.4. The predicted octanol–water partition coefficient (Wildman–Crippen LogP) is 2.87. The quantitative estimate of drug-likeness (QED) is 0.601. The molecule has 0 unspecified atom stereocenters. The number of primary sulfonamides is 1. The monoisotopic (exact) mass is 416 g/mol. The normalized spacial score (nSPS) is 11.4. The minimum atomic E-state index is -3.82. The Hall–Kier alpha value is -2.62. The van der Waals surface area contributed by atoms with Gasteiger partial charge in [0.15, 0.2) is 5.16 Å². The van der Waals surface area contributed by atoms with Gasteiger partial charge in [0.2, 0.25) is 15.9 Å². The molecule has 3 aromatic rings. The number of nitrogens with one attached hydrogen (secondary N) is 1. The summed E-state index contributed by atoms with van der Waals surface area (Å²) in [5.74, 6) is -0.145. The maximum absolute atomic E-state index is 12.3. The molecule has 0 atom stereocenters. The zero-order valence-corrected chi connectivity index (χ0v) is 17.0. The first-order valence-corrected chi connectivity index (χ1v) is 10.9. The van der Waals surface area contributed by atoms with Crippen LogP contribution in [0.3, 0.4) is 0 Å². The Labute approximate surface area is 168 Å². The van der Waals surface area contributed by atoms with Crippen LogP contribution in [0.25, 0.3) is 5.69 Å². The molecule has 9 heteroatoms. The highest BCUT2D eigenvalue weighted by molar-refractivity contribution is 7.99. The van der Waals surface area contributed by atoms with Crippen LogP contribution in [0, 0.1) is 13.8 Å². The summed E-state index contributed by atoms with van der Waals surface area (Å²) in [5, 5.41) is 8.49. The Morgan fingerprint density at radius 2 is 1.96 bits per heavy atom. The number of hydrogen-bond donors (Lipinski definition) is 2. The lowest BCUT2D eigenvalue weighted by molar-refractivity contribution is -0.113. The van der Waals surface area contributed by atoms with Crippen molar-refractivity contribution in [2.75, 3.05) is 11.1 Å². The number of benzene rings is 2. The van der Waals surface area contributed by atoms with E-state index in [1.807, 2.05) is 42.8 Å². The minimum absolute atomic E-state index is 0.0524. The van der Waals surface area contributed by atoms with Crippen molar-refractivity contribution in [1.82, 2.24) is 9.55 Å². The van der Waals surface area contributed by atoms with Gasteiger partial charge in [-0.25, -0.2) is 18.5 Å². The number of anilines is 1. The number of aryl methyl sites for hydroxylation is 1. The number of nitrogens with zero attached hydrogens (tertiary/aromatic N) is 2. The van der Waals surface area contributed by atoms with Crippen LogP contribution in [-0.2, 0) is 14.8 Å². The molecule has 0 fully saturated rings. The lowest BCUT2D eigenvalue weighted by Gasteiger charge is -2.12. The van der Waals surface area contributed by atoms with Crippen molar-refractivity contribution >= 4 is 33.4 Å². The molecule has 0 aliphatic heterocycles. The first-order chi connectivity index (χ1) is 13.3. The van der Waals surface area contributed by atoms with Gasteiger partial charge in [-0.15, -0.1) is 0 Å². The Morgan fingerprint density at radius 1 is 1.21 bits per heavy atom. The summed E-state index contributed by atoms with van der Waals surface area (Å²) in [6, 6.07) is 11.9. The molecule has 3 rings (SSSR count). The number of thioether (sulfide) groups is 1. The minimum Gasteiger partial charge on any atom is -0.325 e. The molecule has 0 saturated carbocycles. The predicted molar refractivity (Wildman–Crippen MR) is 110 cm³/mol. The fourth-order valence-electron chi connectivity index (χ4n) is 2.65. The summed E-state index contributed by atoms with van der Waals surface area (Å²) in [5.41, 5.74) is 3.71. The standard InChI is InChI=1S/C19H20N4O3S2/c1-13-5-3-8-17(14(13)2)23-10-9-21-19(23)27-12-18(24)22-15-6-4-7-16(11-15)28(20,25)26/h3-11H,12H2,1-2H3,(H,22,24)(H2,20,25,26). The average Bonchev–Trinajstić information content (AvgIpc) is 3.10. The van der Waals surface area contributed by atoms with Crippen LogP contribution in [0.15, 0.2) is 64.9 Å². The highest BCUT2D eigenvalue weighted by atomic mass is 32.2. The summed E-state index contributed by atoms with van der Waals surface area (Å²) in [6.07, 6.45) is 3.55. The zero-order chi connectivity index (χ0) is 20.3. The van der Waals surface area contributed by atoms with E-state index in [0.717, 1.165) is 11.3 Å². The largest absolute Gasteiger partial charge is 0.325 e. The first kappa shape index (κ1) is 20.1. The van der Waals surface area contributed by atoms with Crippen molar-refractivity contribution in [1.29, 1.82) is 0 Å². The Kier molecular flexibility index (Phi) is 5.87. The van der Waals surface area contributed by atoms with Gasteiger partial charge < -0.3 is 5.32 Å². The van der Waals surface area contributed by atoms with Gasteiger partial charge in [0.25, 0.3) is 0 Å². The van der Waals surface area contributed by atoms with Crippen LogP contribution in [0.1, 0.15) is 11.1 Å². The molecule has 1 amide bonds. The van der Waals surface area contributed by atoms with Gasteiger partial charge in [-0.1, -0.05) is 30.0 Å². The third-order valence-electron chi connectivity index (χ3n) is 4.22. The summed E-state index contributed by atoms with van der Waals surface area (Å²) in [6.45, 7) is 4.09. The van der Waals surface area contributed by atoms with Gasteiger partial charge in [-0.05, 0) is 49.2 Å². The molecular formula is C19H20N4O3S2. The number of nitrogens with two attached hydrogens (primary N) is 1. The smallest absolute Gasteiger partial charge is 0.238 e. The van der Waals surface area contributed by atoms with Crippen LogP contribution in [0.2, 0.25) is 0 Å². The molecule has 0 aliphatic rings. The molecule has 1 aromatic heterocycles. The van der Waals surface area contributed by atoms with Crippen LogP contribution < -0.4 is 10.5 Å². The molecule has 28 heavy (non-hydrogen) atoms. The van der Waals surface area contributed by atoms with E-state index >= 15 is 0 Å². The molecule has 7 nitrogen and oxygen atoms in total. The van der Waals surface area contributed by atoms with Crippen molar-refractivity contribution in [2.24, 2.45) is 5.14 Å². The van der Waals surface area contributed by atoms with Gasteiger partial charge in [-0.3, -0.25) is 9.36 Å². The van der Waals surface area contributed by atoms with Crippen molar-refractivity contribution in [3.05, 3.63) is 66.0 Å². The average molecular weight is 417 g/mol. The van der Waals surface area contributed by atoms with Crippen molar-refractivity contribution < 1.29 is 13.2 Å². The van der Waals surface area contributed by atoms with E-state index in [9.17, 15) is 13.2 Å². The fraction of sp³-hybridized carbons (Fsp3) is 0.158. The number of hydrogen-bond acceptors (Lipinski definition) is 5. The van der Waals surface area contributed by atoms with Gasteiger partial charge >= 0.3 is 0 Å². The van der Waals surface area contributed by atoms with Crippen molar-refractivity contribution in [3.8, 4) is 5.69 Å². The van der Waals surface area contributed by atoms with E-state index in [-0.39, 0.29) is 16.6 Å². The Morgan fingerprint density at radius 3 is 2.71 bits per heavy atom. The van der Waals surface area contributed by atoms with Gasteiger partial charge in [0, 0.05) is 18.1 Å². The number of sulfonamides is 1. The van der Waals surface area contributed by atoms with Crippen LogP contribution in [0.4, 0.5) is 5.69 Å². The molecule has 0 radical (unpaired) electrons. The lowest BCUT2D eigenvalue weighted by Crippen LogP contribution is -2.16. The summed E-state index contributed by atoms with van der Waals surface area (Å²) < 4.78 is 24.8. The number of amides is 1. The summed E-state index contributed by atoms with van der Waals surface area (Å²) >= 11 is 1.30. The maximum Gasteiger partial charge on any atom is 0.238 e. The Balaban J connectivity index is 1.70. The molecule has 146 valence electrons. The number of carbonyl (C=O) groups is 1. The SMILES string of the molecule is Cc1cccc(-n2ccnc2SCC(=O)Nc2cccc(S(N)(=O)=O)c2)c1C.